The number of nitrogens with one attached hydrogen (secondary N) is 1. The van der Waals surface area contributed by atoms with Crippen LogP contribution in [0.4, 0.5) is 0 Å². The highest BCUT2D eigenvalue weighted by atomic mass is 32.1. The Morgan fingerprint density at radius 1 is 1.36 bits per heavy atom. The van der Waals surface area contributed by atoms with Crippen LogP contribution in [0.2, 0.25) is 0 Å². The molecule has 2 aromatic rings. The molecule has 1 aliphatic carbocycles. The van der Waals surface area contributed by atoms with Crippen molar-refractivity contribution in [3.8, 4) is 0 Å². The Hall–Kier alpha value is -0.860. The van der Waals surface area contributed by atoms with Crippen molar-refractivity contribution in [1.82, 2.24) is 5.32 Å². The van der Waals surface area contributed by atoms with Gasteiger partial charge in [-0.05, 0) is 53.9 Å². The van der Waals surface area contributed by atoms with Crippen LogP contribution in [0.5, 0.6) is 0 Å². The van der Waals surface area contributed by atoms with E-state index in [0.29, 0.717) is 6.04 Å². The van der Waals surface area contributed by atoms with Gasteiger partial charge in [-0.15, -0.1) is 11.3 Å². The summed E-state index contributed by atoms with van der Waals surface area (Å²) in [5, 5.41) is 7.06. The van der Waals surface area contributed by atoms with E-state index in [1.165, 1.54) is 28.5 Å². The van der Waals surface area contributed by atoms with E-state index < -0.39 is 0 Å². The zero-order chi connectivity index (χ0) is 9.54. The molecular formula is C12H13NS. The van der Waals surface area contributed by atoms with E-state index in [1.807, 2.05) is 11.3 Å². The second kappa shape index (κ2) is 3.07. The van der Waals surface area contributed by atoms with Crippen molar-refractivity contribution in [1.29, 1.82) is 0 Å². The molecular weight excluding hydrogens is 190 g/mol. The SMILES string of the molecule is CNC1CCc2ccc3sccc3c21. The van der Waals surface area contributed by atoms with Crippen molar-refractivity contribution in [2.75, 3.05) is 7.05 Å². The Bertz CT molecular complexity index is 472. The van der Waals surface area contributed by atoms with Crippen molar-refractivity contribution in [2.45, 2.75) is 18.9 Å². The van der Waals surface area contributed by atoms with Gasteiger partial charge < -0.3 is 5.32 Å². The molecule has 14 heavy (non-hydrogen) atoms. The maximum Gasteiger partial charge on any atom is 0.0346 e. The molecule has 0 saturated carbocycles. The molecule has 1 N–H and O–H groups in total. The molecule has 1 aromatic heterocycles. The molecule has 1 heterocycles. The lowest BCUT2D eigenvalue weighted by molar-refractivity contribution is 0.593. The molecule has 3 rings (SSSR count). The fourth-order valence-corrected chi connectivity index (χ4v) is 3.28. The number of rotatable bonds is 1. The van der Waals surface area contributed by atoms with Gasteiger partial charge in [-0.3, -0.25) is 0 Å². The predicted octanol–water partition coefficient (Wildman–Crippen LogP) is 3.11. The Morgan fingerprint density at radius 3 is 3.14 bits per heavy atom. The summed E-state index contributed by atoms with van der Waals surface area (Å²) in [5.41, 5.74) is 3.08. The standard InChI is InChI=1S/C12H13NS/c1-13-10-4-2-8-3-5-11-9(12(8)10)6-7-14-11/h3,5-7,10,13H,2,4H2,1H3. The van der Waals surface area contributed by atoms with E-state index in [-0.39, 0.29) is 0 Å². The summed E-state index contributed by atoms with van der Waals surface area (Å²) in [4.78, 5) is 0. The normalized spacial score (nSPS) is 20.2. The van der Waals surface area contributed by atoms with Gasteiger partial charge >= 0.3 is 0 Å². The summed E-state index contributed by atoms with van der Waals surface area (Å²) >= 11 is 1.84. The van der Waals surface area contributed by atoms with Gasteiger partial charge in [0.25, 0.3) is 0 Å². The Labute approximate surface area is 87.8 Å². The molecule has 1 aromatic carbocycles. The quantitative estimate of drug-likeness (QED) is 0.751. The van der Waals surface area contributed by atoms with Crippen LogP contribution in [-0.2, 0) is 6.42 Å². The van der Waals surface area contributed by atoms with Crippen LogP contribution in [0.3, 0.4) is 0 Å². The van der Waals surface area contributed by atoms with Crippen molar-refractivity contribution >= 4 is 21.4 Å². The number of benzene rings is 1. The van der Waals surface area contributed by atoms with Crippen LogP contribution >= 0.6 is 11.3 Å². The highest BCUT2D eigenvalue weighted by Gasteiger charge is 2.23. The van der Waals surface area contributed by atoms with Gasteiger partial charge in [0.05, 0.1) is 0 Å². The van der Waals surface area contributed by atoms with Crippen LogP contribution in [0.15, 0.2) is 23.6 Å². The molecule has 0 radical (unpaired) electrons. The topological polar surface area (TPSA) is 12.0 Å². The van der Waals surface area contributed by atoms with E-state index in [9.17, 15) is 0 Å². The van der Waals surface area contributed by atoms with Crippen molar-refractivity contribution < 1.29 is 0 Å². The first kappa shape index (κ1) is 8.45. The van der Waals surface area contributed by atoms with Crippen molar-refractivity contribution in [2.24, 2.45) is 0 Å². The van der Waals surface area contributed by atoms with E-state index >= 15 is 0 Å². The van der Waals surface area contributed by atoms with Gasteiger partial charge in [0.1, 0.15) is 0 Å². The summed E-state index contributed by atoms with van der Waals surface area (Å²) in [6.45, 7) is 0. The van der Waals surface area contributed by atoms with Gasteiger partial charge in [0.15, 0.2) is 0 Å². The molecule has 0 spiro atoms. The largest absolute Gasteiger partial charge is 0.313 e. The summed E-state index contributed by atoms with van der Waals surface area (Å²) in [7, 11) is 2.06. The molecule has 1 atom stereocenters. The summed E-state index contributed by atoms with van der Waals surface area (Å²) in [5.74, 6) is 0. The number of fused-ring (bicyclic) bond motifs is 3. The molecule has 1 nitrogen and oxygen atoms in total. The molecule has 0 amide bonds. The average molecular weight is 203 g/mol. The molecule has 0 saturated heterocycles. The third-order valence-electron chi connectivity index (χ3n) is 3.17. The van der Waals surface area contributed by atoms with Crippen LogP contribution in [0.25, 0.3) is 10.1 Å². The van der Waals surface area contributed by atoms with E-state index in [1.54, 1.807) is 5.56 Å². The van der Waals surface area contributed by atoms with Gasteiger partial charge in [-0.2, -0.15) is 0 Å². The van der Waals surface area contributed by atoms with Crippen molar-refractivity contribution in [3.05, 3.63) is 34.7 Å². The third-order valence-corrected chi connectivity index (χ3v) is 4.05. The fourth-order valence-electron chi connectivity index (χ4n) is 2.47. The molecule has 0 fully saturated rings. The second-order valence-electron chi connectivity index (χ2n) is 3.85. The highest BCUT2D eigenvalue weighted by Crippen LogP contribution is 2.38. The van der Waals surface area contributed by atoms with Gasteiger partial charge in [-0.1, -0.05) is 6.07 Å². The fraction of sp³-hybridized carbons (Fsp3) is 0.333. The van der Waals surface area contributed by atoms with Crippen molar-refractivity contribution in [3.63, 3.8) is 0 Å². The maximum absolute atomic E-state index is 3.41. The second-order valence-corrected chi connectivity index (χ2v) is 4.80. The number of aryl methyl sites for hydroxylation is 1. The zero-order valence-corrected chi connectivity index (χ0v) is 9.03. The molecule has 72 valence electrons. The minimum Gasteiger partial charge on any atom is -0.313 e. The monoisotopic (exact) mass is 203 g/mol. The van der Waals surface area contributed by atoms with E-state index in [4.69, 9.17) is 0 Å². The lowest BCUT2D eigenvalue weighted by Crippen LogP contribution is -2.12. The smallest absolute Gasteiger partial charge is 0.0346 e. The summed E-state index contributed by atoms with van der Waals surface area (Å²) in [6, 6.07) is 7.39. The average Bonchev–Trinajstić information content (AvgIpc) is 2.82. The number of thiophene rings is 1. The van der Waals surface area contributed by atoms with Crippen LogP contribution in [-0.4, -0.2) is 7.05 Å². The molecule has 1 unspecified atom stereocenters. The minimum atomic E-state index is 0.572. The highest BCUT2D eigenvalue weighted by molar-refractivity contribution is 7.17. The summed E-state index contributed by atoms with van der Waals surface area (Å²) in [6.07, 6.45) is 2.48. The Morgan fingerprint density at radius 2 is 2.29 bits per heavy atom. The lowest BCUT2D eigenvalue weighted by atomic mass is 10.0. The predicted molar refractivity (Wildman–Crippen MR) is 61.9 cm³/mol. The molecule has 0 bridgehead atoms. The van der Waals surface area contributed by atoms with Crippen LogP contribution in [0.1, 0.15) is 23.6 Å². The summed E-state index contributed by atoms with van der Waals surface area (Å²) < 4.78 is 1.42. The maximum atomic E-state index is 3.41. The number of hydrogen-bond donors (Lipinski definition) is 1. The Balaban J connectivity index is 2.32. The van der Waals surface area contributed by atoms with E-state index in [0.717, 1.165) is 0 Å². The molecule has 1 aliphatic rings. The lowest BCUT2D eigenvalue weighted by Gasteiger charge is -2.10. The van der Waals surface area contributed by atoms with Gasteiger partial charge in [-0.25, -0.2) is 0 Å². The Kier molecular flexibility index (Phi) is 1.85. The van der Waals surface area contributed by atoms with Crippen LogP contribution < -0.4 is 5.32 Å². The third kappa shape index (κ3) is 1.04. The number of hydrogen-bond acceptors (Lipinski definition) is 2. The zero-order valence-electron chi connectivity index (χ0n) is 8.21. The molecule has 0 aliphatic heterocycles. The minimum absolute atomic E-state index is 0.572. The first-order chi connectivity index (χ1) is 6.90. The van der Waals surface area contributed by atoms with E-state index in [2.05, 4.69) is 35.9 Å². The first-order valence-corrected chi connectivity index (χ1v) is 5.94. The van der Waals surface area contributed by atoms with Gasteiger partial charge in [0, 0.05) is 10.7 Å². The van der Waals surface area contributed by atoms with Crippen LogP contribution in [0, 0.1) is 0 Å². The molecule has 2 heteroatoms. The first-order valence-electron chi connectivity index (χ1n) is 5.06. The van der Waals surface area contributed by atoms with Gasteiger partial charge in [0.2, 0.25) is 0 Å².